The van der Waals surface area contributed by atoms with Gasteiger partial charge >= 0.3 is 5.97 Å². The van der Waals surface area contributed by atoms with E-state index in [1.54, 1.807) is 11.9 Å². The molecule has 4 nitrogen and oxygen atoms in total. The van der Waals surface area contributed by atoms with Crippen molar-refractivity contribution in [1.82, 2.24) is 4.31 Å². The number of carboxylic acids is 1. The summed E-state index contributed by atoms with van der Waals surface area (Å²) in [5.41, 5.74) is 3.16. The van der Waals surface area contributed by atoms with Crippen molar-refractivity contribution >= 4 is 35.2 Å². The topological polar surface area (TPSA) is 43.8 Å². The van der Waals surface area contributed by atoms with Crippen molar-refractivity contribution in [2.75, 3.05) is 31.1 Å². The first-order valence-corrected chi connectivity index (χ1v) is 9.40. The molecule has 3 rings (SSSR count). The number of anilines is 1. The summed E-state index contributed by atoms with van der Waals surface area (Å²) in [7, 11) is 0. The third-order valence-electron chi connectivity index (χ3n) is 4.13. The highest BCUT2D eigenvalue weighted by Crippen LogP contribution is 2.28. The first-order valence-electron chi connectivity index (χ1n) is 8.25. The molecule has 1 fully saturated rings. The van der Waals surface area contributed by atoms with Crippen LogP contribution in [0.2, 0.25) is 5.02 Å². The number of benzene rings is 2. The van der Waals surface area contributed by atoms with Crippen LogP contribution >= 0.6 is 23.5 Å². The number of hydrogen-bond acceptors (Lipinski definition) is 4. The number of nitrogens with zero attached hydrogens (tertiary/aromatic N) is 2. The number of rotatable bonds is 5. The van der Waals surface area contributed by atoms with Crippen LogP contribution in [0.25, 0.3) is 0 Å². The summed E-state index contributed by atoms with van der Waals surface area (Å²) in [6.45, 7) is 5.84. The van der Waals surface area contributed by atoms with Crippen LogP contribution in [0, 0.1) is 6.92 Å². The Morgan fingerprint density at radius 2 is 1.80 bits per heavy atom. The number of aliphatic carboxylic acids is 1. The molecule has 0 bridgehead atoms. The molecule has 1 heterocycles. The maximum atomic E-state index is 10.9. The molecule has 1 aliphatic rings. The maximum absolute atomic E-state index is 10.9. The molecular formula is C19H21ClN2O2S. The zero-order chi connectivity index (χ0) is 17.8. The summed E-state index contributed by atoms with van der Waals surface area (Å²) >= 11 is 7.67. The molecule has 1 saturated heterocycles. The van der Waals surface area contributed by atoms with Gasteiger partial charge in [0.05, 0.1) is 6.42 Å². The van der Waals surface area contributed by atoms with Crippen molar-refractivity contribution in [3.63, 3.8) is 0 Å². The largest absolute Gasteiger partial charge is 0.481 e. The molecule has 0 aliphatic carbocycles. The number of carboxylic acid groups (broad SMARTS) is 1. The number of aryl methyl sites for hydroxylation is 1. The summed E-state index contributed by atoms with van der Waals surface area (Å²) < 4.78 is 2.34. The quantitative estimate of drug-likeness (QED) is 0.796. The van der Waals surface area contributed by atoms with E-state index >= 15 is 0 Å². The van der Waals surface area contributed by atoms with Crippen molar-refractivity contribution in [2.45, 2.75) is 18.2 Å². The van der Waals surface area contributed by atoms with Gasteiger partial charge in [-0.2, -0.15) is 0 Å². The van der Waals surface area contributed by atoms with E-state index in [0.717, 1.165) is 47.2 Å². The third kappa shape index (κ3) is 5.14. The Labute approximate surface area is 157 Å². The number of hydrogen-bond donors (Lipinski definition) is 1. The lowest BCUT2D eigenvalue weighted by atomic mass is 10.1. The highest BCUT2D eigenvalue weighted by molar-refractivity contribution is 7.97. The lowest BCUT2D eigenvalue weighted by Gasteiger charge is -2.35. The normalized spacial score (nSPS) is 15.4. The van der Waals surface area contributed by atoms with E-state index in [9.17, 15) is 4.79 Å². The Morgan fingerprint density at radius 3 is 2.44 bits per heavy atom. The van der Waals surface area contributed by atoms with Gasteiger partial charge in [-0.25, -0.2) is 4.31 Å². The molecule has 1 aliphatic heterocycles. The first-order chi connectivity index (χ1) is 12.0. The van der Waals surface area contributed by atoms with E-state index in [1.165, 1.54) is 5.69 Å². The molecule has 0 aromatic heterocycles. The Morgan fingerprint density at radius 1 is 1.12 bits per heavy atom. The van der Waals surface area contributed by atoms with Crippen molar-refractivity contribution < 1.29 is 9.90 Å². The highest BCUT2D eigenvalue weighted by atomic mass is 35.5. The number of piperazine rings is 1. The molecule has 132 valence electrons. The zero-order valence-electron chi connectivity index (χ0n) is 14.1. The molecule has 0 atom stereocenters. The van der Waals surface area contributed by atoms with Gasteiger partial charge in [0.15, 0.2) is 0 Å². The van der Waals surface area contributed by atoms with Gasteiger partial charge in [-0.3, -0.25) is 4.79 Å². The van der Waals surface area contributed by atoms with Crippen molar-refractivity contribution in [3.8, 4) is 0 Å². The van der Waals surface area contributed by atoms with Gasteiger partial charge < -0.3 is 10.0 Å². The van der Waals surface area contributed by atoms with E-state index in [1.807, 2.05) is 31.2 Å². The number of carbonyl (C=O) groups is 1. The average molecular weight is 377 g/mol. The summed E-state index contributed by atoms with van der Waals surface area (Å²) in [4.78, 5) is 14.4. The molecule has 0 amide bonds. The lowest BCUT2D eigenvalue weighted by Crippen LogP contribution is -2.43. The molecule has 2 aromatic carbocycles. The van der Waals surface area contributed by atoms with Crippen molar-refractivity contribution in [2.24, 2.45) is 0 Å². The molecule has 2 aromatic rings. The molecule has 6 heteroatoms. The predicted octanol–water partition coefficient (Wildman–Crippen LogP) is 4.10. The molecular weight excluding hydrogens is 356 g/mol. The SMILES string of the molecule is Cc1cc(CC(=O)O)cc(SN2CCN(c3ccc(Cl)cc3)CC2)c1. The van der Waals surface area contributed by atoms with Crippen LogP contribution in [0.3, 0.4) is 0 Å². The van der Waals surface area contributed by atoms with Gasteiger partial charge in [0, 0.05) is 41.8 Å². The van der Waals surface area contributed by atoms with Crippen LogP contribution in [0.15, 0.2) is 47.4 Å². The minimum absolute atomic E-state index is 0.0690. The number of halogens is 1. The fourth-order valence-corrected chi connectivity index (χ4v) is 4.21. The van der Waals surface area contributed by atoms with Crippen LogP contribution in [-0.2, 0) is 11.2 Å². The van der Waals surface area contributed by atoms with Crippen LogP contribution in [0.1, 0.15) is 11.1 Å². The molecule has 25 heavy (non-hydrogen) atoms. The Kier molecular flexibility index (Phi) is 5.89. The van der Waals surface area contributed by atoms with Gasteiger partial charge in [-0.1, -0.05) is 17.7 Å². The van der Waals surface area contributed by atoms with E-state index in [4.69, 9.17) is 16.7 Å². The smallest absolute Gasteiger partial charge is 0.307 e. The van der Waals surface area contributed by atoms with Gasteiger partial charge in [0.25, 0.3) is 0 Å². The Hall–Kier alpha value is -1.69. The van der Waals surface area contributed by atoms with E-state index in [2.05, 4.69) is 27.4 Å². The Balaban J connectivity index is 1.59. The van der Waals surface area contributed by atoms with Crippen LogP contribution in [0.4, 0.5) is 5.69 Å². The molecule has 0 spiro atoms. The van der Waals surface area contributed by atoms with E-state index in [0.29, 0.717) is 0 Å². The summed E-state index contributed by atoms with van der Waals surface area (Å²) in [5.74, 6) is -0.793. The van der Waals surface area contributed by atoms with E-state index < -0.39 is 5.97 Å². The summed E-state index contributed by atoms with van der Waals surface area (Å²) in [6, 6.07) is 14.0. The second-order valence-electron chi connectivity index (χ2n) is 6.21. The third-order valence-corrected chi connectivity index (χ3v) is 5.45. The second-order valence-corrected chi connectivity index (χ2v) is 7.82. The minimum atomic E-state index is -0.793. The maximum Gasteiger partial charge on any atom is 0.307 e. The highest BCUT2D eigenvalue weighted by Gasteiger charge is 2.18. The monoisotopic (exact) mass is 376 g/mol. The lowest BCUT2D eigenvalue weighted by molar-refractivity contribution is -0.136. The summed E-state index contributed by atoms with van der Waals surface area (Å²) in [5, 5.41) is 9.75. The minimum Gasteiger partial charge on any atom is -0.481 e. The van der Waals surface area contributed by atoms with Crippen LogP contribution in [-0.4, -0.2) is 41.6 Å². The predicted molar refractivity (Wildman–Crippen MR) is 104 cm³/mol. The average Bonchev–Trinajstić information content (AvgIpc) is 2.55. The standard InChI is InChI=1S/C19H21ClN2O2S/c1-14-10-15(13-19(23)24)12-18(11-14)25-22-8-6-21(7-9-22)17-4-2-16(20)3-5-17/h2-5,10-12H,6-9,13H2,1H3,(H,23,24). The van der Waals surface area contributed by atoms with Gasteiger partial charge in [0.2, 0.25) is 0 Å². The van der Waals surface area contributed by atoms with Crippen molar-refractivity contribution in [3.05, 3.63) is 58.6 Å². The van der Waals surface area contributed by atoms with Crippen LogP contribution < -0.4 is 4.90 Å². The fraction of sp³-hybridized carbons (Fsp3) is 0.316. The van der Waals surface area contributed by atoms with Crippen molar-refractivity contribution in [1.29, 1.82) is 0 Å². The zero-order valence-corrected chi connectivity index (χ0v) is 15.7. The summed E-state index contributed by atoms with van der Waals surface area (Å²) in [6.07, 6.45) is 0.0690. The molecule has 0 radical (unpaired) electrons. The van der Waals surface area contributed by atoms with Gasteiger partial charge in [0.1, 0.15) is 0 Å². The Bertz CT molecular complexity index is 744. The molecule has 1 N–H and O–H groups in total. The van der Waals surface area contributed by atoms with Gasteiger partial charge in [-0.15, -0.1) is 0 Å². The molecule has 0 unspecified atom stereocenters. The first kappa shape index (κ1) is 18.1. The second kappa shape index (κ2) is 8.13. The fourth-order valence-electron chi connectivity index (χ4n) is 2.99. The van der Waals surface area contributed by atoms with Crippen LogP contribution in [0.5, 0.6) is 0 Å². The molecule has 0 saturated carbocycles. The van der Waals surface area contributed by atoms with E-state index in [-0.39, 0.29) is 6.42 Å². The van der Waals surface area contributed by atoms with Gasteiger partial charge in [-0.05, 0) is 66.4 Å².